The summed E-state index contributed by atoms with van der Waals surface area (Å²) in [5.41, 5.74) is 9.89. The SMILES string of the molecule is C=Cc1c2[n-]c(c1C)/C=c1\[n-]/c(c(C)c1C=C)=C\c1[n-]c(c(CCC(=O)O)c1C)/C=C1\[N-]/C(=C\2)C(C)C1CCC(=O)O.[Fe+4]. The summed E-state index contributed by atoms with van der Waals surface area (Å²) in [4.78, 5) is 37.9. The van der Waals surface area contributed by atoms with E-state index in [1.807, 2.05) is 45.1 Å². The standard InChI is InChI=1S/C34H34N4O4.Fe/c1-7-21-17(3)25-13-26-19(5)23(9-11-33(39)40)31(37-26)16-32-24(10-12-34(41)42)20(6)28(38-32)15-30-22(8-2)18(4)27(36-30)14-29(21)35-25;/h7-8,13-16,20,24H,1-2,9-12H2,3-6H3,(H,39,40)(H,41,42);/q-4;+4/b25-13-,28-15-,29-14-,32-16-;. The topological polar surface area (TPSA) is 131 Å². The number of allylic oxidation sites excluding steroid dienone is 2. The maximum atomic E-state index is 11.5. The first kappa shape index (κ1) is 31.7. The molecule has 2 unspecified atom stereocenters. The average Bonchev–Trinajstić information content (AvgIpc) is 3.59. The molecule has 5 rings (SSSR count). The Balaban J connectivity index is 0.00000423. The van der Waals surface area contributed by atoms with Gasteiger partial charge in [-0.25, -0.2) is 0 Å². The number of carboxylic acids is 2. The zero-order valence-corrected chi connectivity index (χ0v) is 25.8. The van der Waals surface area contributed by atoms with Crippen LogP contribution >= 0.6 is 0 Å². The molecular weight excluding hydrogens is 584 g/mol. The Hall–Kier alpha value is -4.20. The van der Waals surface area contributed by atoms with Crippen molar-refractivity contribution in [3.63, 3.8) is 0 Å². The van der Waals surface area contributed by atoms with Crippen LogP contribution in [0.5, 0.6) is 0 Å². The number of aliphatic carboxylic acids is 2. The molecule has 9 heteroatoms. The zero-order chi connectivity index (χ0) is 30.3. The van der Waals surface area contributed by atoms with E-state index in [4.69, 9.17) is 20.3 Å². The molecule has 8 nitrogen and oxygen atoms in total. The fraction of sp³-hybridized carbons (Fsp3) is 0.294. The molecule has 1 saturated heterocycles. The van der Waals surface area contributed by atoms with Crippen molar-refractivity contribution in [1.29, 1.82) is 0 Å². The normalized spacial score (nSPS) is 21.0. The van der Waals surface area contributed by atoms with Crippen molar-refractivity contribution in [3.8, 4) is 0 Å². The molecule has 0 aromatic carbocycles. The third kappa shape index (κ3) is 6.01. The Morgan fingerprint density at radius 3 is 2.02 bits per heavy atom. The van der Waals surface area contributed by atoms with E-state index >= 15 is 0 Å². The molecule has 0 saturated carbocycles. The van der Waals surface area contributed by atoms with Gasteiger partial charge in [0.2, 0.25) is 0 Å². The molecule has 2 atom stereocenters. The van der Waals surface area contributed by atoms with Crippen LogP contribution in [0.3, 0.4) is 0 Å². The average molecular weight is 619 g/mol. The second-order valence-electron chi connectivity index (χ2n) is 11.0. The minimum absolute atomic E-state index is 0. The van der Waals surface area contributed by atoms with Gasteiger partial charge >= 0.3 is 29.0 Å². The summed E-state index contributed by atoms with van der Waals surface area (Å²) in [5.74, 6) is -1.96. The molecular formula is C34H34FeN4O4. The number of aromatic nitrogens is 3. The third-order valence-corrected chi connectivity index (χ3v) is 8.49. The van der Waals surface area contributed by atoms with Crippen LogP contribution in [0.25, 0.3) is 41.8 Å². The van der Waals surface area contributed by atoms with E-state index in [0.29, 0.717) is 24.2 Å². The molecule has 3 aromatic heterocycles. The van der Waals surface area contributed by atoms with Gasteiger partial charge < -0.3 is 30.5 Å². The Morgan fingerprint density at radius 1 is 0.767 bits per heavy atom. The van der Waals surface area contributed by atoms with Gasteiger partial charge in [-0.2, -0.15) is 11.4 Å². The molecule has 2 N–H and O–H groups in total. The quantitative estimate of drug-likeness (QED) is 0.352. The molecule has 8 bridgehead atoms. The van der Waals surface area contributed by atoms with Crippen LogP contribution in [0.15, 0.2) is 24.6 Å². The summed E-state index contributed by atoms with van der Waals surface area (Å²) in [6.07, 6.45) is 12.0. The van der Waals surface area contributed by atoms with Crippen molar-refractivity contribution < 1.29 is 36.9 Å². The van der Waals surface area contributed by atoms with Crippen molar-refractivity contribution in [3.05, 3.63) is 96.7 Å². The van der Waals surface area contributed by atoms with Crippen LogP contribution in [0.1, 0.15) is 82.3 Å². The first-order chi connectivity index (χ1) is 20.0. The fourth-order valence-electron chi connectivity index (χ4n) is 5.97. The summed E-state index contributed by atoms with van der Waals surface area (Å²) in [7, 11) is 0. The number of carbonyl (C=O) groups is 2. The molecule has 43 heavy (non-hydrogen) atoms. The number of nitrogens with zero attached hydrogens (tertiary/aromatic N) is 4. The van der Waals surface area contributed by atoms with Gasteiger partial charge in [0.15, 0.2) is 0 Å². The van der Waals surface area contributed by atoms with Crippen molar-refractivity contribution in [1.82, 2.24) is 15.0 Å². The molecule has 222 valence electrons. The van der Waals surface area contributed by atoms with Crippen LogP contribution < -0.4 is 25.7 Å². The van der Waals surface area contributed by atoms with Crippen LogP contribution in [-0.4, -0.2) is 22.2 Å². The van der Waals surface area contributed by atoms with Crippen LogP contribution in [0.4, 0.5) is 0 Å². The molecule has 0 radical (unpaired) electrons. The van der Waals surface area contributed by atoms with E-state index in [0.717, 1.165) is 66.9 Å². The molecule has 0 aliphatic carbocycles. The van der Waals surface area contributed by atoms with Gasteiger partial charge in [-0.3, -0.25) is 9.59 Å². The Bertz CT molecular complexity index is 1810. The molecule has 2 aliphatic heterocycles. The van der Waals surface area contributed by atoms with E-state index in [2.05, 4.69) is 20.1 Å². The van der Waals surface area contributed by atoms with Crippen molar-refractivity contribution in [2.45, 2.75) is 53.4 Å². The smallest absolute Gasteiger partial charge is 0.664 e. The van der Waals surface area contributed by atoms with Crippen molar-refractivity contribution >= 4 is 48.4 Å². The third-order valence-electron chi connectivity index (χ3n) is 8.49. The molecule has 2 aliphatic rings. The Kier molecular flexibility index (Phi) is 9.28. The van der Waals surface area contributed by atoms with Crippen molar-refractivity contribution in [2.24, 2.45) is 11.8 Å². The van der Waals surface area contributed by atoms with Gasteiger partial charge in [-0.1, -0.05) is 78.8 Å². The maximum Gasteiger partial charge on any atom is 4.00 e. The Labute approximate surface area is 261 Å². The summed E-state index contributed by atoms with van der Waals surface area (Å²) in [6, 6.07) is 0. The largest absolute Gasteiger partial charge is 4.00 e. The predicted octanol–water partition coefficient (Wildman–Crippen LogP) is 4.64. The van der Waals surface area contributed by atoms with Crippen LogP contribution in [0, 0.1) is 32.6 Å². The monoisotopic (exact) mass is 618 g/mol. The van der Waals surface area contributed by atoms with Gasteiger partial charge in [0.05, 0.1) is 0 Å². The van der Waals surface area contributed by atoms with E-state index < -0.39 is 11.9 Å². The maximum absolute atomic E-state index is 11.5. The zero-order valence-electron chi connectivity index (χ0n) is 24.7. The number of hydrogen-bond acceptors (Lipinski definition) is 2. The summed E-state index contributed by atoms with van der Waals surface area (Å²) in [5, 5.41) is 25.4. The van der Waals surface area contributed by atoms with Crippen LogP contribution in [0.2, 0.25) is 0 Å². The van der Waals surface area contributed by atoms with Crippen molar-refractivity contribution in [2.75, 3.05) is 0 Å². The number of carboxylic acid groups (broad SMARTS) is 2. The second-order valence-corrected chi connectivity index (χ2v) is 11.0. The molecule has 1 fully saturated rings. The number of rotatable bonds is 8. The van der Waals surface area contributed by atoms with Gasteiger partial charge in [0, 0.05) is 12.8 Å². The number of fused-ring (bicyclic) bond motifs is 8. The van der Waals surface area contributed by atoms with Gasteiger partial charge in [-0.15, -0.1) is 33.5 Å². The summed E-state index contributed by atoms with van der Waals surface area (Å²) >= 11 is 0. The van der Waals surface area contributed by atoms with Gasteiger partial charge in [-0.05, 0) is 56.6 Å². The first-order valence-corrected chi connectivity index (χ1v) is 14.1. The molecule has 5 heterocycles. The molecule has 3 aromatic rings. The van der Waals surface area contributed by atoms with Crippen LogP contribution in [-0.2, 0) is 33.1 Å². The van der Waals surface area contributed by atoms with E-state index in [1.54, 1.807) is 12.2 Å². The number of hydrogen-bond donors (Lipinski definition) is 2. The second kappa shape index (κ2) is 12.6. The minimum Gasteiger partial charge on any atom is -0.664 e. The van der Waals surface area contributed by atoms with E-state index in [9.17, 15) is 19.8 Å². The van der Waals surface area contributed by atoms with Gasteiger partial charge in [0.25, 0.3) is 0 Å². The fourth-order valence-corrected chi connectivity index (χ4v) is 5.97. The van der Waals surface area contributed by atoms with Gasteiger partial charge in [0.1, 0.15) is 0 Å². The molecule has 0 spiro atoms. The Morgan fingerprint density at radius 2 is 1.37 bits per heavy atom. The van der Waals surface area contributed by atoms with E-state index in [1.165, 1.54) is 0 Å². The first-order valence-electron chi connectivity index (χ1n) is 14.1. The molecule has 0 amide bonds. The summed E-state index contributed by atoms with van der Waals surface area (Å²) < 4.78 is 0. The predicted molar refractivity (Wildman–Crippen MR) is 165 cm³/mol. The summed E-state index contributed by atoms with van der Waals surface area (Å²) in [6.45, 7) is 16.1. The van der Waals surface area contributed by atoms with E-state index in [-0.39, 0.29) is 41.7 Å². The minimum atomic E-state index is -0.888.